The highest BCUT2D eigenvalue weighted by Gasteiger charge is 2.30. The quantitative estimate of drug-likeness (QED) is 0.638. The van der Waals surface area contributed by atoms with Gasteiger partial charge in [0, 0.05) is 35.6 Å². The molecule has 1 aliphatic heterocycles. The smallest absolute Gasteiger partial charge is 0.254 e. The molecule has 0 saturated carbocycles. The molecule has 0 spiro atoms. The van der Waals surface area contributed by atoms with Crippen LogP contribution in [0.15, 0.2) is 79.1 Å². The van der Waals surface area contributed by atoms with Crippen LogP contribution in [0.1, 0.15) is 45.9 Å². The van der Waals surface area contributed by atoms with Gasteiger partial charge >= 0.3 is 0 Å². The molecule has 1 aromatic heterocycles. The lowest BCUT2D eigenvalue weighted by molar-refractivity contribution is 0.0735. The van der Waals surface area contributed by atoms with Crippen LogP contribution in [0.5, 0.6) is 0 Å². The van der Waals surface area contributed by atoms with Gasteiger partial charge in [0.05, 0.1) is 6.04 Å². The maximum atomic E-state index is 13.0. The third kappa shape index (κ3) is 3.91. The predicted molar refractivity (Wildman–Crippen MR) is 106 cm³/mol. The molecule has 1 amide bonds. The first-order valence-electron chi connectivity index (χ1n) is 9.19. The molecule has 2 aromatic carbocycles. The van der Waals surface area contributed by atoms with Crippen molar-refractivity contribution >= 4 is 5.91 Å². The monoisotopic (exact) mass is 352 g/mol. The van der Waals surface area contributed by atoms with Crippen LogP contribution in [0.25, 0.3) is 0 Å². The Bertz CT molecular complexity index is 970. The second-order valence-electron chi connectivity index (χ2n) is 6.63. The summed E-state index contributed by atoms with van der Waals surface area (Å²) in [4.78, 5) is 19.0. The molecule has 1 atom stereocenters. The van der Waals surface area contributed by atoms with E-state index >= 15 is 0 Å². The molecule has 0 radical (unpaired) electrons. The van der Waals surface area contributed by atoms with Gasteiger partial charge in [0.15, 0.2) is 0 Å². The van der Waals surface area contributed by atoms with Crippen LogP contribution < -0.4 is 0 Å². The Kier molecular flexibility index (Phi) is 4.98. The zero-order valence-corrected chi connectivity index (χ0v) is 15.0. The van der Waals surface area contributed by atoms with Crippen LogP contribution in [-0.4, -0.2) is 22.3 Å². The lowest BCUT2D eigenvalue weighted by atomic mass is 10.0. The van der Waals surface area contributed by atoms with Crippen molar-refractivity contribution in [3.05, 3.63) is 101 Å². The van der Waals surface area contributed by atoms with Crippen LogP contribution in [0.4, 0.5) is 0 Å². The standard InChI is InChI=1S/C24H20N2O/c27-24(26-18-4-7-23(26)21-14-16-25-17-15-21)22-12-10-20(11-13-22)9-8-19-5-2-1-3-6-19/h1-3,5-6,10-17,23H,4,7,18H2. The van der Waals surface area contributed by atoms with Crippen molar-refractivity contribution in [1.82, 2.24) is 9.88 Å². The molecule has 3 nitrogen and oxygen atoms in total. The Morgan fingerprint density at radius 1 is 0.889 bits per heavy atom. The SMILES string of the molecule is O=C(c1ccc(C#Cc2ccccc2)cc1)N1CCCC1c1ccncc1. The number of rotatable bonds is 2. The van der Waals surface area contributed by atoms with E-state index in [-0.39, 0.29) is 11.9 Å². The van der Waals surface area contributed by atoms with Crippen LogP contribution in [-0.2, 0) is 0 Å². The van der Waals surface area contributed by atoms with Crippen LogP contribution in [0.2, 0.25) is 0 Å². The molecule has 1 unspecified atom stereocenters. The minimum absolute atomic E-state index is 0.0804. The Morgan fingerprint density at radius 2 is 1.56 bits per heavy atom. The molecule has 2 heterocycles. The summed E-state index contributed by atoms with van der Waals surface area (Å²) in [5, 5.41) is 0. The number of amides is 1. The van der Waals surface area contributed by atoms with E-state index in [1.807, 2.05) is 71.6 Å². The molecule has 0 bridgehead atoms. The number of aromatic nitrogens is 1. The predicted octanol–water partition coefficient (Wildman–Crippen LogP) is 4.46. The molecule has 4 rings (SSSR count). The van der Waals surface area contributed by atoms with Crippen molar-refractivity contribution in [1.29, 1.82) is 0 Å². The van der Waals surface area contributed by atoms with E-state index in [0.29, 0.717) is 5.56 Å². The summed E-state index contributed by atoms with van der Waals surface area (Å²) in [6.45, 7) is 0.793. The number of hydrogen-bond donors (Lipinski definition) is 0. The molecular weight excluding hydrogens is 332 g/mol. The molecule has 1 fully saturated rings. The number of likely N-dealkylation sites (tertiary alicyclic amines) is 1. The first kappa shape index (κ1) is 17.1. The van der Waals surface area contributed by atoms with Gasteiger partial charge in [-0.3, -0.25) is 9.78 Å². The highest BCUT2D eigenvalue weighted by atomic mass is 16.2. The van der Waals surface area contributed by atoms with Crippen LogP contribution in [0.3, 0.4) is 0 Å². The largest absolute Gasteiger partial charge is 0.332 e. The number of carbonyl (C=O) groups is 1. The van der Waals surface area contributed by atoms with Gasteiger partial charge in [0.25, 0.3) is 5.91 Å². The van der Waals surface area contributed by atoms with Crippen molar-refractivity contribution in [2.24, 2.45) is 0 Å². The molecule has 3 aromatic rings. The fourth-order valence-corrected chi connectivity index (χ4v) is 3.47. The van der Waals surface area contributed by atoms with E-state index in [2.05, 4.69) is 16.8 Å². The minimum Gasteiger partial charge on any atom is -0.332 e. The number of nitrogens with zero attached hydrogens (tertiary/aromatic N) is 2. The third-order valence-electron chi connectivity index (χ3n) is 4.86. The average Bonchev–Trinajstić information content (AvgIpc) is 3.23. The van der Waals surface area contributed by atoms with E-state index in [0.717, 1.165) is 36.1 Å². The van der Waals surface area contributed by atoms with Crippen molar-refractivity contribution in [2.45, 2.75) is 18.9 Å². The van der Waals surface area contributed by atoms with Gasteiger partial charge in [0.2, 0.25) is 0 Å². The van der Waals surface area contributed by atoms with Crippen LogP contribution >= 0.6 is 0 Å². The van der Waals surface area contributed by atoms with Gasteiger partial charge in [-0.1, -0.05) is 30.0 Å². The highest BCUT2D eigenvalue weighted by Crippen LogP contribution is 2.32. The second kappa shape index (κ2) is 7.88. The molecule has 132 valence electrons. The molecule has 1 saturated heterocycles. The summed E-state index contributed by atoms with van der Waals surface area (Å²) in [5.41, 5.74) is 3.75. The number of benzene rings is 2. The van der Waals surface area contributed by atoms with Crippen molar-refractivity contribution in [3.8, 4) is 11.8 Å². The van der Waals surface area contributed by atoms with Crippen LogP contribution in [0, 0.1) is 11.8 Å². The third-order valence-corrected chi connectivity index (χ3v) is 4.86. The zero-order chi connectivity index (χ0) is 18.5. The maximum absolute atomic E-state index is 13.0. The van der Waals surface area contributed by atoms with Crippen molar-refractivity contribution in [2.75, 3.05) is 6.54 Å². The fraction of sp³-hybridized carbons (Fsp3) is 0.167. The lowest BCUT2D eigenvalue weighted by Crippen LogP contribution is -2.30. The second-order valence-corrected chi connectivity index (χ2v) is 6.63. The minimum atomic E-state index is 0.0804. The number of pyridine rings is 1. The Hall–Kier alpha value is -3.38. The van der Waals surface area contributed by atoms with E-state index in [1.165, 1.54) is 0 Å². The van der Waals surface area contributed by atoms with Gasteiger partial charge in [0.1, 0.15) is 0 Å². The van der Waals surface area contributed by atoms with E-state index in [4.69, 9.17) is 0 Å². The van der Waals surface area contributed by atoms with Gasteiger partial charge in [-0.15, -0.1) is 0 Å². The van der Waals surface area contributed by atoms with Crippen molar-refractivity contribution in [3.63, 3.8) is 0 Å². The van der Waals surface area contributed by atoms with Gasteiger partial charge in [-0.05, 0) is 66.9 Å². The fourth-order valence-electron chi connectivity index (χ4n) is 3.47. The number of hydrogen-bond acceptors (Lipinski definition) is 2. The van der Waals surface area contributed by atoms with Gasteiger partial charge in [-0.2, -0.15) is 0 Å². The molecule has 27 heavy (non-hydrogen) atoms. The molecular formula is C24H20N2O. The van der Waals surface area contributed by atoms with E-state index < -0.39 is 0 Å². The Morgan fingerprint density at radius 3 is 2.26 bits per heavy atom. The number of carbonyl (C=O) groups excluding carboxylic acids is 1. The average molecular weight is 352 g/mol. The maximum Gasteiger partial charge on any atom is 0.254 e. The summed E-state index contributed by atoms with van der Waals surface area (Å²) in [6.07, 6.45) is 5.60. The zero-order valence-electron chi connectivity index (χ0n) is 15.0. The Labute approximate surface area is 159 Å². The summed E-state index contributed by atoms with van der Waals surface area (Å²) in [7, 11) is 0. The summed E-state index contributed by atoms with van der Waals surface area (Å²) >= 11 is 0. The lowest BCUT2D eigenvalue weighted by Gasteiger charge is -2.25. The van der Waals surface area contributed by atoms with Crippen molar-refractivity contribution < 1.29 is 4.79 Å². The first-order valence-corrected chi connectivity index (χ1v) is 9.19. The summed E-state index contributed by atoms with van der Waals surface area (Å²) in [6, 6.07) is 21.6. The van der Waals surface area contributed by atoms with Gasteiger partial charge in [-0.25, -0.2) is 0 Å². The topological polar surface area (TPSA) is 33.2 Å². The highest BCUT2D eigenvalue weighted by molar-refractivity contribution is 5.94. The van der Waals surface area contributed by atoms with E-state index in [1.54, 1.807) is 12.4 Å². The Balaban J connectivity index is 1.50. The molecule has 0 N–H and O–H groups in total. The molecule has 0 aliphatic carbocycles. The summed E-state index contributed by atoms with van der Waals surface area (Å²) < 4.78 is 0. The van der Waals surface area contributed by atoms with Gasteiger partial charge < -0.3 is 4.90 Å². The van der Waals surface area contributed by atoms with E-state index in [9.17, 15) is 4.79 Å². The molecule has 1 aliphatic rings. The first-order chi connectivity index (χ1) is 13.3. The summed E-state index contributed by atoms with van der Waals surface area (Å²) in [5.74, 6) is 6.37. The normalized spacial score (nSPS) is 15.9. The molecule has 3 heteroatoms.